The van der Waals surface area contributed by atoms with Gasteiger partial charge in [-0.15, -0.1) is 11.3 Å². The molecule has 0 unspecified atom stereocenters. The minimum Gasteiger partial charge on any atom is -0.264 e. The van der Waals surface area contributed by atoms with Crippen molar-refractivity contribution in [2.45, 2.75) is 141 Å². The Morgan fingerprint density at radius 2 is 0.886 bits per heavy atom. The zero-order chi connectivity index (χ0) is 30.9. The van der Waals surface area contributed by atoms with E-state index in [9.17, 15) is 0 Å². The lowest BCUT2D eigenvalue weighted by atomic mass is 9.97. The zero-order valence-corrected chi connectivity index (χ0v) is 28.7. The minimum atomic E-state index is 0. The van der Waals surface area contributed by atoms with Crippen molar-refractivity contribution in [3.63, 3.8) is 0 Å². The van der Waals surface area contributed by atoms with Gasteiger partial charge in [0.2, 0.25) is 0 Å². The highest BCUT2D eigenvalue weighted by Crippen LogP contribution is 2.28. The normalized spacial score (nSPS) is 10.0. The molecule has 3 aromatic heterocycles. The van der Waals surface area contributed by atoms with E-state index in [0.29, 0.717) is 35.5 Å². The summed E-state index contributed by atoms with van der Waals surface area (Å²) >= 11 is 1.95. The molecule has 0 aliphatic carbocycles. The molecule has 0 N–H and O–H groups in total. The third-order valence-electron chi connectivity index (χ3n) is 6.69. The van der Waals surface area contributed by atoms with Crippen LogP contribution in [0, 0.1) is 0 Å². The Morgan fingerprint density at radius 3 is 1.11 bits per heavy atom. The standard InChI is InChI=1S/C12H18.C10H16S.2C8H11N.3CH4/c1-9(2)11-5-7-12(8-6-11)10(3)4;1-7(2)9-5-6-10(11-9)8(3)4;1-7(2)8-4-3-5-9-6-8;1-7(2)8-5-3-4-6-9-8;;;/h5-10H,1-4H3;5-8H,1-4H3;2*3-7H,1-2H3;3*1H4. The van der Waals surface area contributed by atoms with Gasteiger partial charge in [-0.25, -0.2) is 0 Å². The Morgan fingerprint density at radius 1 is 0.432 bits per heavy atom. The van der Waals surface area contributed by atoms with Crippen LogP contribution < -0.4 is 0 Å². The topological polar surface area (TPSA) is 25.8 Å². The van der Waals surface area contributed by atoms with E-state index < -0.39 is 0 Å². The van der Waals surface area contributed by atoms with Crippen molar-refractivity contribution in [2.75, 3.05) is 0 Å². The molecule has 0 amide bonds. The number of benzene rings is 1. The fourth-order valence-electron chi connectivity index (χ4n) is 3.69. The molecule has 0 bridgehead atoms. The summed E-state index contributed by atoms with van der Waals surface area (Å²) in [4.78, 5) is 11.2. The maximum atomic E-state index is 4.18. The highest BCUT2D eigenvalue weighted by Gasteiger charge is 2.06. The van der Waals surface area contributed by atoms with Crippen LogP contribution in [0.3, 0.4) is 0 Å². The molecular formula is C41H68N2S. The van der Waals surface area contributed by atoms with Crippen molar-refractivity contribution in [1.29, 1.82) is 0 Å². The van der Waals surface area contributed by atoms with E-state index in [2.05, 4.69) is 136 Å². The average Bonchev–Trinajstić information content (AvgIpc) is 3.47. The number of thiophene rings is 1. The zero-order valence-electron chi connectivity index (χ0n) is 27.8. The number of hydrogen-bond acceptors (Lipinski definition) is 3. The maximum Gasteiger partial charge on any atom is 0.0428 e. The summed E-state index contributed by atoms with van der Waals surface area (Å²) in [5.74, 6) is 3.81. The number of pyridine rings is 2. The molecule has 44 heavy (non-hydrogen) atoms. The van der Waals surface area contributed by atoms with Crippen molar-refractivity contribution in [2.24, 2.45) is 0 Å². The summed E-state index contributed by atoms with van der Waals surface area (Å²) in [6, 6.07) is 23.5. The molecule has 0 aliphatic rings. The first-order valence-electron chi connectivity index (χ1n) is 15.3. The number of rotatable bonds is 6. The van der Waals surface area contributed by atoms with Crippen LogP contribution in [0.15, 0.2) is 85.3 Å². The molecule has 1 aromatic carbocycles. The van der Waals surface area contributed by atoms with Crippen LogP contribution >= 0.6 is 11.3 Å². The van der Waals surface area contributed by atoms with Crippen LogP contribution in [0.5, 0.6) is 0 Å². The van der Waals surface area contributed by atoms with Crippen molar-refractivity contribution in [3.8, 4) is 0 Å². The summed E-state index contributed by atoms with van der Waals surface area (Å²) in [5.41, 5.74) is 5.33. The van der Waals surface area contributed by atoms with Crippen LogP contribution in [0.25, 0.3) is 0 Å². The van der Waals surface area contributed by atoms with E-state index in [-0.39, 0.29) is 22.3 Å². The van der Waals surface area contributed by atoms with E-state index in [4.69, 9.17) is 0 Å². The molecular weight excluding hydrogens is 553 g/mol. The highest BCUT2D eigenvalue weighted by molar-refractivity contribution is 7.12. The average molecular weight is 621 g/mol. The van der Waals surface area contributed by atoms with Crippen LogP contribution in [-0.4, -0.2) is 9.97 Å². The molecule has 0 fully saturated rings. The van der Waals surface area contributed by atoms with E-state index in [1.54, 1.807) is 6.20 Å². The second-order valence-corrected chi connectivity index (χ2v) is 13.5. The third-order valence-corrected chi connectivity index (χ3v) is 8.37. The second kappa shape index (κ2) is 24.5. The van der Waals surface area contributed by atoms with Gasteiger partial charge < -0.3 is 0 Å². The van der Waals surface area contributed by atoms with Gasteiger partial charge in [-0.2, -0.15) is 0 Å². The molecule has 4 aromatic rings. The second-order valence-electron chi connectivity index (χ2n) is 12.4. The molecule has 248 valence electrons. The lowest BCUT2D eigenvalue weighted by Gasteiger charge is -2.08. The Kier molecular flexibility index (Phi) is 25.4. The summed E-state index contributed by atoms with van der Waals surface area (Å²) < 4.78 is 0. The molecule has 3 heteroatoms. The molecule has 2 nitrogen and oxygen atoms in total. The largest absolute Gasteiger partial charge is 0.264 e. The van der Waals surface area contributed by atoms with Crippen LogP contribution in [0.2, 0.25) is 0 Å². The van der Waals surface area contributed by atoms with Crippen LogP contribution in [0.4, 0.5) is 0 Å². The summed E-state index contributed by atoms with van der Waals surface area (Å²) in [6.45, 7) is 26.5. The molecule has 0 spiro atoms. The van der Waals surface area contributed by atoms with Gasteiger partial charge in [0.25, 0.3) is 0 Å². The first kappa shape index (κ1) is 45.6. The van der Waals surface area contributed by atoms with Crippen LogP contribution in [0.1, 0.15) is 173 Å². The predicted octanol–water partition coefficient (Wildman–Crippen LogP) is 14.2. The Bertz CT molecular complexity index is 1080. The minimum absolute atomic E-state index is 0. The number of hydrogen-bond donors (Lipinski definition) is 0. The molecule has 0 aliphatic heterocycles. The van der Waals surface area contributed by atoms with Crippen molar-refractivity contribution in [3.05, 3.63) is 117 Å². The monoisotopic (exact) mass is 621 g/mol. The molecule has 4 rings (SSSR count). The van der Waals surface area contributed by atoms with Crippen molar-refractivity contribution < 1.29 is 0 Å². The highest BCUT2D eigenvalue weighted by atomic mass is 32.1. The first-order chi connectivity index (χ1) is 19.3. The first-order valence-corrected chi connectivity index (χ1v) is 16.1. The number of nitrogens with zero attached hydrogens (tertiary/aromatic N) is 2. The maximum absolute atomic E-state index is 4.18. The van der Waals surface area contributed by atoms with E-state index in [0.717, 1.165) is 5.69 Å². The van der Waals surface area contributed by atoms with Gasteiger partial charge in [0, 0.05) is 34.0 Å². The number of aromatic nitrogens is 2. The smallest absolute Gasteiger partial charge is 0.0428 e. The Balaban J connectivity index is -0.000000501. The summed E-state index contributed by atoms with van der Waals surface area (Å²) in [5, 5.41) is 0. The van der Waals surface area contributed by atoms with Gasteiger partial charge in [-0.3, -0.25) is 9.97 Å². The van der Waals surface area contributed by atoms with Gasteiger partial charge in [0.05, 0.1) is 0 Å². The Labute approximate surface area is 278 Å². The lowest BCUT2D eigenvalue weighted by molar-refractivity contribution is 0.823. The van der Waals surface area contributed by atoms with Gasteiger partial charge in [0.15, 0.2) is 0 Å². The molecule has 0 saturated heterocycles. The van der Waals surface area contributed by atoms with Gasteiger partial charge in [0.1, 0.15) is 0 Å². The van der Waals surface area contributed by atoms with Crippen molar-refractivity contribution in [1.82, 2.24) is 9.97 Å². The van der Waals surface area contributed by atoms with Crippen LogP contribution in [-0.2, 0) is 0 Å². The fraction of sp³-hybridized carbons (Fsp3) is 0.512. The van der Waals surface area contributed by atoms with Crippen molar-refractivity contribution >= 4 is 11.3 Å². The van der Waals surface area contributed by atoms with Gasteiger partial charge >= 0.3 is 0 Å². The fourth-order valence-corrected chi connectivity index (χ4v) is 4.71. The predicted molar refractivity (Wildman–Crippen MR) is 204 cm³/mol. The molecule has 0 saturated carbocycles. The Hall–Kier alpha value is -2.78. The third kappa shape index (κ3) is 18.1. The molecule has 0 radical (unpaired) electrons. The lowest BCUT2D eigenvalue weighted by Crippen LogP contribution is -1.90. The summed E-state index contributed by atoms with van der Waals surface area (Å²) in [6.07, 6.45) is 5.53. The molecule has 3 heterocycles. The molecule has 0 atom stereocenters. The van der Waals surface area contributed by atoms with E-state index in [1.165, 1.54) is 26.4 Å². The van der Waals surface area contributed by atoms with E-state index >= 15 is 0 Å². The van der Waals surface area contributed by atoms with Gasteiger partial charge in [-0.1, -0.05) is 142 Å². The quantitative estimate of drug-likeness (QED) is 0.214. The SMILES string of the molecule is C.C.C.CC(C)c1ccc(C(C)C)cc1.CC(C)c1ccc(C(C)C)s1.CC(C)c1ccccn1.CC(C)c1cccnc1. The van der Waals surface area contributed by atoms with Gasteiger partial charge in [-0.05, 0) is 82.5 Å². The summed E-state index contributed by atoms with van der Waals surface area (Å²) in [7, 11) is 0. The van der Waals surface area contributed by atoms with E-state index in [1.807, 2.05) is 48.0 Å².